The van der Waals surface area contributed by atoms with E-state index in [1.165, 1.54) is 18.7 Å². The number of aromatic nitrogens is 3. The normalized spacial score (nSPS) is 11.9. The average Bonchev–Trinajstić information content (AvgIpc) is 3.02. The number of amides is 1. The summed E-state index contributed by atoms with van der Waals surface area (Å²) in [6.45, 7) is 7.20. The highest BCUT2D eigenvalue weighted by atomic mass is 32.2. The van der Waals surface area contributed by atoms with Crippen LogP contribution in [0.15, 0.2) is 53.7 Å². The van der Waals surface area contributed by atoms with Crippen molar-refractivity contribution in [2.75, 3.05) is 5.32 Å². The van der Waals surface area contributed by atoms with Gasteiger partial charge in [0.1, 0.15) is 5.82 Å². The van der Waals surface area contributed by atoms with Crippen LogP contribution < -0.4 is 5.32 Å². The Morgan fingerprint density at radius 1 is 1.04 bits per heavy atom. The number of aryl methyl sites for hydroxylation is 2. The zero-order valence-corrected chi connectivity index (χ0v) is 17.1. The van der Waals surface area contributed by atoms with E-state index in [0.29, 0.717) is 16.4 Å². The van der Waals surface area contributed by atoms with Crippen LogP contribution in [-0.4, -0.2) is 31.7 Å². The molecule has 1 atom stereocenters. The van der Waals surface area contributed by atoms with Crippen LogP contribution in [0.25, 0.3) is 5.69 Å². The fraction of sp³-hybridized carbons (Fsp3) is 0.238. The molecule has 1 aromatic heterocycles. The Labute approximate surface area is 168 Å². The molecular formula is C21H22N4O2S. The van der Waals surface area contributed by atoms with Crippen molar-refractivity contribution >= 4 is 29.1 Å². The fourth-order valence-electron chi connectivity index (χ4n) is 2.86. The molecule has 2 aromatic carbocycles. The quantitative estimate of drug-likeness (QED) is 0.501. The molecule has 0 aliphatic heterocycles. The van der Waals surface area contributed by atoms with Gasteiger partial charge in [0.15, 0.2) is 10.9 Å². The molecule has 0 spiro atoms. The highest BCUT2D eigenvalue weighted by molar-refractivity contribution is 8.00. The standard InChI is InChI=1S/C21H22N4O2S/c1-13-9-5-8-12-19(13)25-16(4)23-24-21(25)28-15(3)20(27)22-18-11-7-6-10-17(18)14(2)26/h5-12,15H,1-4H3,(H,22,27). The van der Waals surface area contributed by atoms with E-state index in [4.69, 9.17) is 0 Å². The maximum absolute atomic E-state index is 12.7. The van der Waals surface area contributed by atoms with Crippen LogP contribution in [0.1, 0.15) is 35.6 Å². The summed E-state index contributed by atoms with van der Waals surface area (Å²) in [6, 6.07) is 15.0. The summed E-state index contributed by atoms with van der Waals surface area (Å²) in [4.78, 5) is 24.5. The summed E-state index contributed by atoms with van der Waals surface area (Å²) < 4.78 is 1.95. The summed E-state index contributed by atoms with van der Waals surface area (Å²) >= 11 is 1.33. The van der Waals surface area contributed by atoms with Gasteiger partial charge < -0.3 is 5.32 Å². The lowest BCUT2D eigenvalue weighted by molar-refractivity contribution is -0.115. The van der Waals surface area contributed by atoms with Gasteiger partial charge in [-0.1, -0.05) is 42.1 Å². The van der Waals surface area contributed by atoms with E-state index in [0.717, 1.165) is 17.1 Å². The van der Waals surface area contributed by atoms with Gasteiger partial charge in [-0.2, -0.15) is 0 Å². The second-order valence-corrected chi connectivity index (χ2v) is 7.81. The van der Waals surface area contributed by atoms with Gasteiger partial charge in [-0.3, -0.25) is 14.2 Å². The molecule has 0 saturated heterocycles. The van der Waals surface area contributed by atoms with Crippen LogP contribution in [0, 0.1) is 13.8 Å². The van der Waals surface area contributed by atoms with Crippen LogP contribution >= 0.6 is 11.8 Å². The molecule has 3 rings (SSSR count). The number of anilines is 1. The second-order valence-electron chi connectivity index (χ2n) is 6.50. The first-order valence-electron chi connectivity index (χ1n) is 8.94. The number of carbonyl (C=O) groups excluding carboxylic acids is 2. The van der Waals surface area contributed by atoms with E-state index in [1.54, 1.807) is 24.3 Å². The number of nitrogens with one attached hydrogen (secondary N) is 1. The van der Waals surface area contributed by atoms with E-state index in [-0.39, 0.29) is 11.7 Å². The summed E-state index contributed by atoms with van der Waals surface area (Å²) in [7, 11) is 0. The van der Waals surface area contributed by atoms with Gasteiger partial charge in [0.05, 0.1) is 16.6 Å². The zero-order chi connectivity index (χ0) is 20.3. The van der Waals surface area contributed by atoms with Crippen molar-refractivity contribution in [3.8, 4) is 5.69 Å². The smallest absolute Gasteiger partial charge is 0.237 e. The minimum atomic E-state index is -0.425. The number of ketones is 1. The molecule has 0 saturated carbocycles. The molecular weight excluding hydrogens is 372 g/mol. The first-order chi connectivity index (χ1) is 13.4. The van der Waals surface area contributed by atoms with Crippen molar-refractivity contribution in [2.45, 2.75) is 38.1 Å². The Morgan fingerprint density at radius 2 is 1.71 bits per heavy atom. The number of rotatable bonds is 6. The second kappa shape index (κ2) is 8.39. The van der Waals surface area contributed by atoms with E-state index in [1.807, 2.05) is 49.6 Å². The molecule has 144 valence electrons. The van der Waals surface area contributed by atoms with Crippen LogP contribution in [-0.2, 0) is 4.79 Å². The van der Waals surface area contributed by atoms with Crippen LogP contribution in [0.4, 0.5) is 5.69 Å². The van der Waals surface area contributed by atoms with E-state index < -0.39 is 5.25 Å². The average molecular weight is 395 g/mol. The third kappa shape index (κ3) is 4.14. The lowest BCUT2D eigenvalue weighted by atomic mass is 10.1. The van der Waals surface area contributed by atoms with Gasteiger partial charge in [-0.15, -0.1) is 10.2 Å². The van der Waals surface area contributed by atoms with Gasteiger partial charge in [0.2, 0.25) is 5.91 Å². The molecule has 1 amide bonds. The lowest BCUT2D eigenvalue weighted by Crippen LogP contribution is -2.24. The number of benzene rings is 2. The summed E-state index contributed by atoms with van der Waals surface area (Å²) in [5.41, 5.74) is 3.10. The molecule has 1 N–H and O–H groups in total. The molecule has 7 heteroatoms. The fourth-order valence-corrected chi connectivity index (χ4v) is 3.76. The Balaban J connectivity index is 1.81. The van der Waals surface area contributed by atoms with Crippen molar-refractivity contribution < 1.29 is 9.59 Å². The third-order valence-electron chi connectivity index (χ3n) is 4.37. The maximum atomic E-state index is 12.7. The summed E-state index contributed by atoms with van der Waals surface area (Å²) in [5.74, 6) is 0.466. The SMILES string of the molecule is CC(=O)c1ccccc1NC(=O)C(C)Sc1nnc(C)n1-c1ccccc1C. The maximum Gasteiger partial charge on any atom is 0.237 e. The monoisotopic (exact) mass is 394 g/mol. The number of hydrogen-bond acceptors (Lipinski definition) is 5. The Hall–Kier alpha value is -2.93. The number of thioether (sulfide) groups is 1. The number of carbonyl (C=O) groups is 2. The topological polar surface area (TPSA) is 76.9 Å². The molecule has 0 aliphatic rings. The molecule has 3 aromatic rings. The van der Waals surface area contributed by atoms with E-state index in [9.17, 15) is 9.59 Å². The molecule has 0 fully saturated rings. The first-order valence-corrected chi connectivity index (χ1v) is 9.82. The number of nitrogens with zero attached hydrogens (tertiary/aromatic N) is 3. The summed E-state index contributed by atoms with van der Waals surface area (Å²) in [5, 5.41) is 11.5. The zero-order valence-electron chi connectivity index (χ0n) is 16.3. The van der Waals surface area contributed by atoms with Crippen LogP contribution in [0.2, 0.25) is 0 Å². The molecule has 0 aliphatic carbocycles. The van der Waals surface area contributed by atoms with Crippen LogP contribution in [0.5, 0.6) is 0 Å². The highest BCUT2D eigenvalue weighted by Gasteiger charge is 2.21. The number of hydrogen-bond donors (Lipinski definition) is 1. The van der Waals surface area contributed by atoms with Gasteiger partial charge in [0.25, 0.3) is 0 Å². The number of para-hydroxylation sites is 2. The predicted octanol–water partition coefficient (Wildman–Crippen LogP) is 4.21. The Kier molecular flexibility index (Phi) is 5.94. The Bertz CT molecular complexity index is 1030. The minimum absolute atomic E-state index is 0.0915. The molecule has 6 nitrogen and oxygen atoms in total. The number of Topliss-reactive ketones (excluding diaryl/α,β-unsaturated/α-hetero) is 1. The molecule has 1 heterocycles. The molecule has 1 unspecified atom stereocenters. The van der Waals surface area contributed by atoms with Gasteiger partial charge in [-0.05, 0) is 51.5 Å². The largest absolute Gasteiger partial charge is 0.324 e. The van der Waals surface area contributed by atoms with Crippen molar-refractivity contribution in [1.82, 2.24) is 14.8 Å². The molecule has 0 radical (unpaired) electrons. The molecule has 28 heavy (non-hydrogen) atoms. The van der Waals surface area contributed by atoms with Crippen LogP contribution in [0.3, 0.4) is 0 Å². The summed E-state index contributed by atoms with van der Waals surface area (Å²) in [6.07, 6.45) is 0. The van der Waals surface area contributed by atoms with E-state index in [2.05, 4.69) is 15.5 Å². The highest BCUT2D eigenvalue weighted by Crippen LogP contribution is 2.28. The Morgan fingerprint density at radius 3 is 2.43 bits per heavy atom. The van der Waals surface area contributed by atoms with E-state index >= 15 is 0 Å². The lowest BCUT2D eigenvalue weighted by Gasteiger charge is -2.15. The molecule has 0 bridgehead atoms. The van der Waals surface area contributed by atoms with Gasteiger partial charge in [-0.25, -0.2) is 0 Å². The van der Waals surface area contributed by atoms with Gasteiger partial charge in [0, 0.05) is 5.56 Å². The first kappa shape index (κ1) is 19.8. The third-order valence-corrected chi connectivity index (χ3v) is 5.41. The minimum Gasteiger partial charge on any atom is -0.324 e. The van der Waals surface area contributed by atoms with Gasteiger partial charge >= 0.3 is 0 Å². The predicted molar refractivity (Wildman–Crippen MR) is 111 cm³/mol. The van der Waals surface area contributed by atoms with Crippen molar-refractivity contribution in [3.63, 3.8) is 0 Å². The van der Waals surface area contributed by atoms with Crippen molar-refractivity contribution in [1.29, 1.82) is 0 Å². The van der Waals surface area contributed by atoms with Crippen molar-refractivity contribution in [3.05, 3.63) is 65.5 Å². The van der Waals surface area contributed by atoms with Crippen molar-refractivity contribution in [2.24, 2.45) is 0 Å².